The lowest BCUT2D eigenvalue weighted by molar-refractivity contribution is 0.160. The lowest BCUT2D eigenvalue weighted by Crippen LogP contribution is -2.49. The minimum Gasteiger partial charge on any atom is -0.343 e. The van der Waals surface area contributed by atoms with Crippen molar-refractivity contribution in [1.29, 1.82) is 0 Å². The Morgan fingerprint density at radius 3 is 3.38 bits per heavy atom. The van der Waals surface area contributed by atoms with Crippen LogP contribution in [0.5, 0.6) is 0 Å². The first-order valence-corrected chi connectivity index (χ1v) is 4.56. The van der Waals surface area contributed by atoms with Crippen LogP contribution in [0.3, 0.4) is 0 Å². The van der Waals surface area contributed by atoms with Crippen molar-refractivity contribution < 1.29 is 4.52 Å². The lowest BCUT2D eigenvalue weighted by Gasteiger charge is -2.32. The molecule has 0 spiro atoms. The molecular formula is C8H14N4O. The highest BCUT2D eigenvalue weighted by Gasteiger charge is 2.18. The lowest BCUT2D eigenvalue weighted by atomic mass is 10.2. The number of hydrogen-bond acceptors (Lipinski definition) is 5. The smallest absolute Gasteiger partial charge is 0.213 e. The Balaban J connectivity index is 1.93. The van der Waals surface area contributed by atoms with Gasteiger partial charge in [0.15, 0.2) is 5.82 Å². The van der Waals surface area contributed by atoms with E-state index in [1.165, 1.54) is 6.39 Å². The number of piperazine rings is 1. The van der Waals surface area contributed by atoms with E-state index in [9.17, 15) is 0 Å². The Morgan fingerprint density at radius 1 is 1.77 bits per heavy atom. The van der Waals surface area contributed by atoms with Gasteiger partial charge in [0.2, 0.25) is 6.39 Å². The quantitative estimate of drug-likeness (QED) is 0.690. The van der Waals surface area contributed by atoms with Crippen molar-refractivity contribution in [3.8, 4) is 0 Å². The third-order valence-electron chi connectivity index (χ3n) is 2.39. The Kier molecular flexibility index (Phi) is 2.56. The van der Waals surface area contributed by atoms with Crippen LogP contribution in [0.2, 0.25) is 0 Å². The highest BCUT2D eigenvalue weighted by Crippen LogP contribution is 2.05. The number of nitrogens with one attached hydrogen (secondary N) is 1. The summed E-state index contributed by atoms with van der Waals surface area (Å²) in [7, 11) is 0. The second kappa shape index (κ2) is 3.85. The van der Waals surface area contributed by atoms with Gasteiger partial charge in [0.25, 0.3) is 0 Å². The standard InChI is InChI=1S/C8H14N4O/c1-7-4-9-2-3-12(7)5-8-10-6-13-11-8/h6-7,9H,2-5H2,1H3/t7-/m1/s1. The van der Waals surface area contributed by atoms with Crippen LogP contribution in [-0.2, 0) is 6.54 Å². The van der Waals surface area contributed by atoms with Crippen molar-refractivity contribution in [2.75, 3.05) is 19.6 Å². The molecule has 1 aromatic rings. The zero-order valence-electron chi connectivity index (χ0n) is 7.73. The molecule has 0 unspecified atom stereocenters. The third-order valence-corrected chi connectivity index (χ3v) is 2.39. The average molecular weight is 182 g/mol. The molecule has 1 atom stereocenters. The van der Waals surface area contributed by atoms with Crippen LogP contribution in [-0.4, -0.2) is 40.7 Å². The van der Waals surface area contributed by atoms with Gasteiger partial charge in [-0.25, -0.2) is 0 Å². The van der Waals surface area contributed by atoms with Crippen LogP contribution in [0.25, 0.3) is 0 Å². The summed E-state index contributed by atoms with van der Waals surface area (Å²) in [6.07, 6.45) is 1.38. The molecule has 1 aromatic heterocycles. The van der Waals surface area contributed by atoms with Gasteiger partial charge in [0.1, 0.15) is 0 Å². The van der Waals surface area contributed by atoms with Gasteiger partial charge in [-0.2, -0.15) is 4.98 Å². The third kappa shape index (κ3) is 2.05. The predicted molar refractivity (Wildman–Crippen MR) is 47.0 cm³/mol. The fourth-order valence-corrected chi connectivity index (χ4v) is 1.56. The fraction of sp³-hybridized carbons (Fsp3) is 0.750. The van der Waals surface area contributed by atoms with E-state index >= 15 is 0 Å². The Labute approximate surface area is 77.1 Å². The normalized spacial score (nSPS) is 24.8. The second-order valence-corrected chi connectivity index (χ2v) is 3.37. The van der Waals surface area contributed by atoms with E-state index in [0.717, 1.165) is 32.0 Å². The van der Waals surface area contributed by atoms with Crippen LogP contribution in [0, 0.1) is 0 Å². The van der Waals surface area contributed by atoms with Crippen molar-refractivity contribution in [2.24, 2.45) is 0 Å². The number of aromatic nitrogens is 2. The highest BCUT2D eigenvalue weighted by molar-refractivity contribution is 4.83. The Bertz CT molecular complexity index is 249. The summed E-state index contributed by atoms with van der Waals surface area (Å²) in [5.41, 5.74) is 0. The molecule has 1 fully saturated rings. The molecule has 0 radical (unpaired) electrons. The van der Waals surface area contributed by atoms with Crippen molar-refractivity contribution in [3.63, 3.8) is 0 Å². The minimum absolute atomic E-state index is 0.548. The van der Waals surface area contributed by atoms with E-state index in [0.29, 0.717) is 6.04 Å². The van der Waals surface area contributed by atoms with Crippen molar-refractivity contribution >= 4 is 0 Å². The number of nitrogens with zero attached hydrogens (tertiary/aromatic N) is 3. The van der Waals surface area contributed by atoms with Gasteiger partial charge in [0.05, 0.1) is 6.54 Å². The summed E-state index contributed by atoms with van der Waals surface area (Å²) in [6.45, 7) is 6.13. The van der Waals surface area contributed by atoms with E-state index < -0.39 is 0 Å². The largest absolute Gasteiger partial charge is 0.343 e. The summed E-state index contributed by atoms with van der Waals surface area (Å²) in [4.78, 5) is 6.35. The van der Waals surface area contributed by atoms with Gasteiger partial charge in [-0.1, -0.05) is 5.16 Å². The summed E-state index contributed by atoms with van der Waals surface area (Å²) in [6, 6.07) is 0.548. The molecule has 0 aromatic carbocycles. The van der Waals surface area contributed by atoms with E-state index in [2.05, 4.69) is 31.8 Å². The molecule has 0 amide bonds. The molecule has 1 aliphatic heterocycles. The summed E-state index contributed by atoms with van der Waals surface area (Å²) >= 11 is 0. The van der Waals surface area contributed by atoms with Gasteiger partial charge in [-0.3, -0.25) is 4.90 Å². The van der Waals surface area contributed by atoms with Crippen LogP contribution < -0.4 is 5.32 Å². The molecule has 5 nitrogen and oxygen atoms in total. The first-order chi connectivity index (χ1) is 6.36. The van der Waals surface area contributed by atoms with Crippen LogP contribution >= 0.6 is 0 Å². The van der Waals surface area contributed by atoms with E-state index in [1.807, 2.05) is 0 Å². The van der Waals surface area contributed by atoms with Crippen LogP contribution in [0.15, 0.2) is 10.9 Å². The first-order valence-electron chi connectivity index (χ1n) is 4.56. The van der Waals surface area contributed by atoms with E-state index in [1.54, 1.807) is 0 Å². The molecule has 0 aliphatic carbocycles. The van der Waals surface area contributed by atoms with Gasteiger partial charge in [-0.05, 0) is 6.92 Å². The molecule has 2 heterocycles. The van der Waals surface area contributed by atoms with Gasteiger partial charge in [0, 0.05) is 25.7 Å². The second-order valence-electron chi connectivity index (χ2n) is 3.37. The fourth-order valence-electron chi connectivity index (χ4n) is 1.56. The van der Waals surface area contributed by atoms with E-state index in [4.69, 9.17) is 0 Å². The van der Waals surface area contributed by atoms with Gasteiger partial charge in [-0.15, -0.1) is 0 Å². The minimum atomic E-state index is 0.548. The van der Waals surface area contributed by atoms with E-state index in [-0.39, 0.29) is 0 Å². The topological polar surface area (TPSA) is 54.2 Å². The first kappa shape index (κ1) is 8.65. The van der Waals surface area contributed by atoms with Crippen molar-refractivity contribution in [3.05, 3.63) is 12.2 Å². The molecule has 1 aliphatic rings. The highest BCUT2D eigenvalue weighted by atomic mass is 16.5. The number of rotatable bonds is 2. The molecule has 1 N–H and O–H groups in total. The maximum atomic E-state index is 4.69. The molecule has 5 heteroatoms. The molecular weight excluding hydrogens is 168 g/mol. The molecule has 1 saturated heterocycles. The SMILES string of the molecule is C[C@@H]1CNCCN1Cc1ncon1. The Hall–Kier alpha value is -0.940. The predicted octanol–water partition coefficient (Wildman–Crippen LogP) is -0.137. The molecule has 0 bridgehead atoms. The molecule has 0 saturated carbocycles. The maximum Gasteiger partial charge on any atom is 0.213 e. The van der Waals surface area contributed by atoms with Crippen molar-refractivity contribution in [1.82, 2.24) is 20.4 Å². The van der Waals surface area contributed by atoms with Crippen molar-refractivity contribution in [2.45, 2.75) is 19.5 Å². The van der Waals surface area contributed by atoms with Crippen LogP contribution in [0.4, 0.5) is 0 Å². The average Bonchev–Trinajstić information content (AvgIpc) is 2.61. The molecule has 13 heavy (non-hydrogen) atoms. The summed E-state index contributed by atoms with van der Waals surface area (Å²) in [5.74, 6) is 0.772. The monoisotopic (exact) mass is 182 g/mol. The maximum absolute atomic E-state index is 4.69. The van der Waals surface area contributed by atoms with Crippen LogP contribution in [0.1, 0.15) is 12.7 Å². The summed E-state index contributed by atoms with van der Waals surface area (Å²) in [5, 5.41) is 7.13. The zero-order chi connectivity index (χ0) is 9.10. The van der Waals surface area contributed by atoms with Gasteiger partial charge < -0.3 is 9.84 Å². The Morgan fingerprint density at radius 2 is 2.69 bits per heavy atom. The summed E-state index contributed by atoms with van der Waals surface area (Å²) < 4.78 is 4.69. The number of hydrogen-bond donors (Lipinski definition) is 1. The molecule has 72 valence electrons. The molecule has 2 rings (SSSR count). The van der Waals surface area contributed by atoms with Gasteiger partial charge >= 0.3 is 0 Å². The zero-order valence-corrected chi connectivity index (χ0v) is 7.73.